The number of nitrogens with one attached hydrogen (secondary N) is 2. The molecular formula is C16H35IN4. The second kappa shape index (κ2) is 11.5. The first kappa shape index (κ1) is 21.0. The van der Waals surface area contributed by atoms with Gasteiger partial charge in [-0.3, -0.25) is 4.99 Å². The lowest BCUT2D eigenvalue weighted by Gasteiger charge is -2.34. The standard InChI is InChI=1S/C16H34N4.HI/c1-6-14(5)19-16(17-7-2)18-11-15-9-8-10-20(12-15)13(3)4;/h13-15H,6-12H2,1-5H3,(H2,17,18,19);1H. The number of halogens is 1. The van der Waals surface area contributed by atoms with Gasteiger partial charge in [0.2, 0.25) is 0 Å². The molecule has 21 heavy (non-hydrogen) atoms. The number of rotatable bonds is 6. The van der Waals surface area contributed by atoms with E-state index in [-0.39, 0.29) is 24.0 Å². The molecule has 0 aromatic heterocycles. The Bertz CT molecular complexity index is 294. The fraction of sp³-hybridized carbons (Fsp3) is 0.938. The molecule has 1 saturated heterocycles. The van der Waals surface area contributed by atoms with E-state index in [9.17, 15) is 0 Å². The van der Waals surface area contributed by atoms with E-state index in [0.717, 1.165) is 25.5 Å². The van der Waals surface area contributed by atoms with Crippen LogP contribution < -0.4 is 10.6 Å². The molecule has 0 spiro atoms. The first-order chi connectivity index (χ1) is 9.56. The van der Waals surface area contributed by atoms with Crippen LogP contribution >= 0.6 is 24.0 Å². The Morgan fingerprint density at radius 1 is 1.29 bits per heavy atom. The summed E-state index contributed by atoms with van der Waals surface area (Å²) in [4.78, 5) is 7.37. The van der Waals surface area contributed by atoms with Gasteiger partial charge in [-0.2, -0.15) is 0 Å². The maximum Gasteiger partial charge on any atom is 0.191 e. The lowest BCUT2D eigenvalue weighted by atomic mass is 9.97. The van der Waals surface area contributed by atoms with Crippen LogP contribution in [0.2, 0.25) is 0 Å². The first-order valence-electron chi connectivity index (χ1n) is 8.35. The van der Waals surface area contributed by atoms with E-state index in [1.54, 1.807) is 0 Å². The Hall–Kier alpha value is -0.0400. The van der Waals surface area contributed by atoms with Crippen LogP contribution in [-0.2, 0) is 0 Å². The van der Waals surface area contributed by atoms with Crippen molar-refractivity contribution >= 4 is 29.9 Å². The molecule has 2 atom stereocenters. The predicted octanol–water partition coefficient (Wildman–Crippen LogP) is 3.08. The van der Waals surface area contributed by atoms with Crippen LogP contribution in [0.4, 0.5) is 0 Å². The van der Waals surface area contributed by atoms with Crippen LogP contribution in [0, 0.1) is 5.92 Å². The van der Waals surface area contributed by atoms with Crippen molar-refractivity contribution in [1.82, 2.24) is 15.5 Å². The first-order valence-corrected chi connectivity index (χ1v) is 8.35. The Balaban J connectivity index is 0.00000400. The van der Waals surface area contributed by atoms with E-state index in [1.807, 2.05) is 0 Å². The topological polar surface area (TPSA) is 39.7 Å². The van der Waals surface area contributed by atoms with E-state index in [2.05, 4.69) is 50.2 Å². The van der Waals surface area contributed by atoms with Gasteiger partial charge in [0.05, 0.1) is 0 Å². The highest BCUT2D eigenvalue weighted by Crippen LogP contribution is 2.18. The average molecular weight is 410 g/mol. The molecule has 0 amide bonds. The number of nitrogens with zero attached hydrogens (tertiary/aromatic N) is 2. The molecule has 126 valence electrons. The number of aliphatic imine (C=N–C) groups is 1. The molecule has 4 nitrogen and oxygen atoms in total. The lowest BCUT2D eigenvalue weighted by molar-refractivity contribution is 0.143. The molecule has 0 bridgehead atoms. The summed E-state index contributed by atoms with van der Waals surface area (Å²) in [6.45, 7) is 15.4. The molecule has 0 saturated carbocycles. The van der Waals surface area contributed by atoms with Gasteiger partial charge in [-0.05, 0) is 59.4 Å². The van der Waals surface area contributed by atoms with E-state index in [1.165, 1.54) is 25.9 Å². The third-order valence-electron chi connectivity index (χ3n) is 4.13. The minimum Gasteiger partial charge on any atom is -0.357 e. The van der Waals surface area contributed by atoms with Gasteiger partial charge in [0.25, 0.3) is 0 Å². The van der Waals surface area contributed by atoms with Crippen LogP contribution in [0.1, 0.15) is 53.9 Å². The average Bonchev–Trinajstić information content (AvgIpc) is 2.45. The molecule has 0 aromatic carbocycles. The van der Waals surface area contributed by atoms with Crippen LogP contribution in [0.25, 0.3) is 0 Å². The summed E-state index contributed by atoms with van der Waals surface area (Å²) in [7, 11) is 0. The molecule has 0 aliphatic carbocycles. The SMILES string of the molecule is CCNC(=NCC1CCCN(C(C)C)C1)NC(C)CC.I. The Morgan fingerprint density at radius 2 is 2.00 bits per heavy atom. The van der Waals surface area contributed by atoms with Gasteiger partial charge in [-0.15, -0.1) is 24.0 Å². The number of hydrogen-bond donors (Lipinski definition) is 2. The van der Waals surface area contributed by atoms with Gasteiger partial charge in [-0.1, -0.05) is 6.92 Å². The summed E-state index contributed by atoms with van der Waals surface area (Å²) in [6, 6.07) is 1.14. The molecule has 0 radical (unpaired) electrons. The van der Waals surface area contributed by atoms with Gasteiger partial charge in [0.15, 0.2) is 5.96 Å². The Labute approximate surface area is 148 Å². The van der Waals surface area contributed by atoms with Crippen molar-refractivity contribution in [3.05, 3.63) is 0 Å². The second-order valence-corrected chi connectivity index (χ2v) is 6.27. The summed E-state index contributed by atoms with van der Waals surface area (Å²) < 4.78 is 0. The molecule has 1 aliphatic rings. The van der Waals surface area contributed by atoms with E-state index in [4.69, 9.17) is 4.99 Å². The fourth-order valence-corrected chi connectivity index (χ4v) is 2.59. The predicted molar refractivity (Wildman–Crippen MR) is 104 cm³/mol. The van der Waals surface area contributed by atoms with Crippen molar-refractivity contribution in [2.45, 2.75) is 66.0 Å². The normalized spacial score (nSPS) is 21.8. The third kappa shape index (κ3) is 8.24. The van der Waals surface area contributed by atoms with Crippen LogP contribution in [0.15, 0.2) is 4.99 Å². The molecule has 1 fully saturated rings. The quantitative estimate of drug-likeness (QED) is 0.402. The Morgan fingerprint density at radius 3 is 2.57 bits per heavy atom. The van der Waals surface area contributed by atoms with Crippen LogP contribution in [-0.4, -0.2) is 49.1 Å². The van der Waals surface area contributed by atoms with Gasteiger partial charge in [0, 0.05) is 31.7 Å². The number of piperidine rings is 1. The maximum atomic E-state index is 4.79. The summed E-state index contributed by atoms with van der Waals surface area (Å²) in [5.41, 5.74) is 0. The van der Waals surface area contributed by atoms with Crippen LogP contribution in [0.3, 0.4) is 0 Å². The summed E-state index contributed by atoms with van der Waals surface area (Å²) in [5.74, 6) is 1.68. The number of hydrogen-bond acceptors (Lipinski definition) is 2. The number of guanidine groups is 1. The molecule has 2 N–H and O–H groups in total. The second-order valence-electron chi connectivity index (χ2n) is 6.27. The minimum absolute atomic E-state index is 0. The van der Waals surface area contributed by atoms with E-state index < -0.39 is 0 Å². The van der Waals surface area contributed by atoms with Gasteiger partial charge >= 0.3 is 0 Å². The lowest BCUT2D eigenvalue weighted by Crippen LogP contribution is -2.43. The van der Waals surface area contributed by atoms with Gasteiger partial charge in [0.1, 0.15) is 0 Å². The summed E-state index contributed by atoms with van der Waals surface area (Å²) in [6.07, 6.45) is 3.75. The molecule has 0 aromatic rings. The van der Waals surface area contributed by atoms with Crippen molar-refractivity contribution in [3.63, 3.8) is 0 Å². The highest BCUT2D eigenvalue weighted by molar-refractivity contribution is 14.0. The van der Waals surface area contributed by atoms with Crippen molar-refractivity contribution in [2.75, 3.05) is 26.2 Å². The maximum absolute atomic E-state index is 4.79. The van der Waals surface area contributed by atoms with Gasteiger partial charge in [-0.25, -0.2) is 0 Å². The summed E-state index contributed by atoms with van der Waals surface area (Å²) >= 11 is 0. The molecule has 2 unspecified atom stereocenters. The van der Waals surface area contributed by atoms with Crippen LogP contribution in [0.5, 0.6) is 0 Å². The zero-order chi connectivity index (χ0) is 15.0. The third-order valence-corrected chi connectivity index (χ3v) is 4.13. The highest BCUT2D eigenvalue weighted by Gasteiger charge is 2.21. The van der Waals surface area contributed by atoms with Crippen molar-refractivity contribution in [2.24, 2.45) is 10.9 Å². The zero-order valence-electron chi connectivity index (χ0n) is 14.5. The molecular weight excluding hydrogens is 375 g/mol. The van der Waals surface area contributed by atoms with E-state index >= 15 is 0 Å². The fourth-order valence-electron chi connectivity index (χ4n) is 2.59. The minimum atomic E-state index is 0. The Kier molecular flexibility index (Phi) is 11.5. The van der Waals surface area contributed by atoms with Crippen molar-refractivity contribution in [3.8, 4) is 0 Å². The van der Waals surface area contributed by atoms with Crippen molar-refractivity contribution < 1.29 is 0 Å². The zero-order valence-corrected chi connectivity index (χ0v) is 16.8. The van der Waals surface area contributed by atoms with Gasteiger partial charge < -0.3 is 15.5 Å². The molecule has 1 rings (SSSR count). The molecule has 1 heterocycles. The summed E-state index contributed by atoms with van der Waals surface area (Å²) in [5, 5.41) is 6.81. The van der Waals surface area contributed by atoms with E-state index in [0.29, 0.717) is 18.0 Å². The monoisotopic (exact) mass is 410 g/mol. The highest BCUT2D eigenvalue weighted by atomic mass is 127. The number of likely N-dealkylation sites (tertiary alicyclic amines) is 1. The molecule has 1 aliphatic heterocycles. The smallest absolute Gasteiger partial charge is 0.191 e. The molecule has 5 heteroatoms. The van der Waals surface area contributed by atoms with Crippen molar-refractivity contribution in [1.29, 1.82) is 0 Å². The largest absolute Gasteiger partial charge is 0.357 e.